The third-order valence-corrected chi connectivity index (χ3v) is 6.76. The summed E-state index contributed by atoms with van der Waals surface area (Å²) in [6.07, 6.45) is 5.39. The molecule has 0 bridgehead atoms. The second-order valence-corrected chi connectivity index (χ2v) is 9.42. The molecule has 0 saturated carbocycles. The number of aryl methyl sites for hydroxylation is 1. The summed E-state index contributed by atoms with van der Waals surface area (Å²) >= 11 is 0. The zero-order valence-corrected chi connectivity index (χ0v) is 22.1. The fraction of sp³-hybridized carbons (Fsp3) is 0.241. The van der Waals surface area contributed by atoms with Crippen LogP contribution < -0.4 is 5.56 Å². The first-order valence-corrected chi connectivity index (χ1v) is 12.2. The van der Waals surface area contributed by atoms with Gasteiger partial charge in [0.25, 0.3) is 5.56 Å². The van der Waals surface area contributed by atoms with Crippen molar-refractivity contribution >= 4 is 28.4 Å². The number of fused-ring (bicyclic) bond motifs is 1. The lowest BCUT2D eigenvalue weighted by Crippen LogP contribution is -2.65. The Morgan fingerprint density at radius 2 is 1.81 bits per heavy atom. The molecule has 1 aliphatic carbocycles. The number of aromatic nitrogens is 2. The maximum atomic E-state index is 17.4. The van der Waals surface area contributed by atoms with E-state index in [1.54, 1.807) is 0 Å². The molecule has 1 aliphatic rings. The summed E-state index contributed by atoms with van der Waals surface area (Å²) in [6, 6.07) is 8.74. The number of halogens is 5. The number of carboxylic acid groups (broad SMARTS) is 1. The number of hydrogen-bond acceptors (Lipinski definition) is 6. The minimum Gasteiger partial charge on any atom is -0.478 e. The molecular weight excluding hydrogens is 565 g/mol. The van der Waals surface area contributed by atoms with Crippen LogP contribution in [0.2, 0.25) is 0 Å². The van der Waals surface area contributed by atoms with Crippen LogP contribution in [0.15, 0.2) is 64.7 Å². The van der Waals surface area contributed by atoms with Crippen molar-refractivity contribution in [3.05, 3.63) is 92.8 Å². The van der Waals surface area contributed by atoms with E-state index in [0.29, 0.717) is 10.5 Å². The normalized spacial score (nSPS) is 20.6. The van der Waals surface area contributed by atoms with Gasteiger partial charge in [-0.15, -0.1) is 6.42 Å². The van der Waals surface area contributed by atoms with Crippen molar-refractivity contribution in [3.8, 4) is 12.3 Å². The Morgan fingerprint density at radius 3 is 2.40 bits per heavy atom. The second-order valence-electron chi connectivity index (χ2n) is 9.42. The number of terminal acetylenes is 1. The van der Waals surface area contributed by atoms with Crippen molar-refractivity contribution < 1.29 is 41.4 Å². The highest BCUT2D eigenvalue weighted by molar-refractivity contribution is 5.93. The van der Waals surface area contributed by atoms with Crippen LogP contribution in [0, 0.1) is 19.3 Å². The number of alkyl halides is 2. The third-order valence-electron chi connectivity index (χ3n) is 6.76. The highest BCUT2D eigenvalue weighted by Crippen LogP contribution is 2.56. The van der Waals surface area contributed by atoms with E-state index in [2.05, 4.69) is 9.97 Å². The standard InChI is InChI=1S/C29H22F5N3O5/c1-4-10-37(13-18-12-19-20(11-15(18)2)35-21(36-26(19)39)14-42-16(3)38)29(34)22(17-8-6-5-7-9-17)23(30)24(31)25(32)28(29,33)27(40)41/h1,5-9,11-12H,10,13-14H2,2-3H3,(H,40,41)(H,35,36,39). The predicted molar refractivity (Wildman–Crippen MR) is 141 cm³/mol. The maximum Gasteiger partial charge on any atom is 0.354 e. The van der Waals surface area contributed by atoms with E-state index in [1.807, 2.05) is 5.92 Å². The van der Waals surface area contributed by atoms with Crippen LogP contribution in [0.25, 0.3) is 16.5 Å². The van der Waals surface area contributed by atoms with Crippen LogP contribution in [0.3, 0.4) is 0 Å². The average molecular weight is 588 g/mol. The molecule has 218 valence electrons. The van der Waals surface area contributed by atoms with Gasteiger partial charge in [-0.25, -0.2) is 36.6 Å². The number of nitrogens with one attached hydrogen (secondary N) is 1. The molecule has 0 fully saturated rings. The lowest BCUT2D eigenvalue weighted by atomic mass is 9.77. The number of carboxylic acids is 1. The first-order valence-electron chi connectivity index (χ1n) is 12.2. The van der Waals surface area contributed by atoms with Gasteiger partial charge in [-0.1, -0.05) is 36.3 Å². The van der Waals surface area contributed by atoms with Gasteiger partial charge in [-0.2, -0.15) is 0 Å². The van der Waals surface area contributed by atoms with Crippen LogP contribution in [-0.2, 0) is 27.5 Å². The van der Waals surface area contributed by atoms with Gasteiger partial charge in [0.1, 0.15) is 12.4 Å². The number of hydrogen-bond donors (Lipinski definition) is 2. The van der Waals surface area contributed by atoms with E-state index in [-0.39, 0.29) is 28.9 Å². The Morgan fingerprint density at radius 1 is 1.14 bits per heavy atom. The zero-order valence-electron chi connectivity index (χ0n) is 22.1. The summed E-state index contributed by atoms with van der Waals surface area (Å²) < 4.78 is 83.5. The Kier molecular flexibility index (Phi) is 8.04. The minimum absolute atomic E-state index is 0.0230. The van der Waals surface area contributed by atoms with E-state index in [9.17, 15) is 23.9 Å². The number of rotatable bonds is 8. The lowest BCUT2D eigenvalue weighted by molar-refractivity contribution is -0.171. The fourth-order valence-electron chi connectivity index (χ4n) is 4.74. The SMILES string of the molecule is C#CCN(Cc1cc2c(=O)[nH]c(COC(C)=O)nc2cc1C)C1(F)C(c2ccccc2)=C(F)C(F)=C(F)C1(F)C(=O)O. The number of aliphatic carboxylic acids is 1. The summed E-state index contributed by atoms with van der Waals surface area (Å²) in [7, 11) is 0. The van der Waals surface area contributed by atoms with Crippen molar-refractivity contribution in [2.45, 2.75) is 38.5 Å². The van der Waals surface area contributed by atoms with Gasteiger partial charge in [0.15, 0.2) is 17.5 Å². The van der Waals surface area contributed by atoms with Gasteiger partial charge >= 0.3 is 17.6 Å². The molecule has 1 aromatic heterocycles. The second kappa shape index (κ2) is 11.2. The minimum atomic E-state index is -4.77. The highest BCUT2D eigenvalue weighted by Gasteiger charge is 2.72. The quantitative estimate of drug-likeness (QED) is 0.170. The fourth-order valence-corrected chi connectivity index (χ4v) is 4.74. The monoisotopic (exact) mass is 587 g/mol. The van der Waals surface area contributed by atoms with Crippen molar-refractivity contribution in [2.24, 2.45) is 0 Å². The molecule has 0 saturated heterocycles. The van der Waals surface area contributed by atoms with E-state index in [1.165, 1.54) is 37.3 Å². The molecule has 8 nitrogen and oxygen atoms in total. The Bertz CT molecular complexity index is 1760. The summed E-state index contributed by atoms with van der Waals surface area (Å²) in [6.45, 7) is 0.650. The van der Waals surface area contributed by atoms with Crippen LogP contribution in [0.5, 0.6) is 0 Å². The van der Waals surface area contributed by atoms with E-state index in [4.69, 9.17) is 11.2 Å². The zero-order chi connectivity index (χ0) is 31.0. The van der Waals surface area contributed by atoms with Crippen LogP contribution in [-0.4, -0.2) is 49.9 Å². The molecule has 2 N–H and O–H groups in total. The number of H-pyrrole nitrogens is 1. The summed E-state index contributed by atoms with van der Waals surface area (Å²) in [5.41, 5.74) is -6.84. The number of aromatic amines is 1. The van der Waals surface area contributed by atoms with Crippen molar-refractivity contribution in [1.29, 1.82) is 0 Å². The molecule has 0 aliphatic heterocycles. The van der Waals surface area contributed by atoms with Gasteiger partial charge in [0.05, 0.1) is 23.0 Å². The molecule has 0 amide bonds. The molecule has 0 spiro atoms. The number of carbonyl (C=O) groups excluding carboxylic acids is 1. The first-order chi connectivity index (χ1) is 19.8. The number of ether oxygens (including phenoxy) is 1. The highest BCUT2D eigenvalue weighted by atomic mass is 19.2. The molecule has 1 heterocycles. The molecule has 13 heteroatoms. The Hall–Kier alpha value is -4.83. The number of benzene rings is 2. The van der Waals surface area contributed by atoms with E-state index >= 15 is 17.6 Å². The van der Waals surface area contributed by atoms with Crippen LogP contribution in [0.1, 0.15) is 29.4 Å². The lowest BCUT2D eigenvalue weighted by Gasteiger charge is -2.46. The molecule has 0 radical (unpaired) electrons. The van der Waals surface area contributed by atoms with Crippen molar-refractivity contribution in [1.82, 2.24) is 14.9 Å². The molecule has 2 atom stereocenters. The van der Waals surface area contributed by atoms with Gasteiger partial charge < -0.3 is 14.8 Å². The van der Waals surface area contributed by atoms with E-state index < -0.39 is 70.7 Å². The molecule has 42 heavy (non-hydrogen) atoms. The molecule has 3 aromatic rings. The third kappa shape index (κ3) is 4.83. The van der Waals surface area contributed by atoms with Gasteiger partial charge in [-0.3, -0.25) is 9.59 Å². The van der Waals surface area contributed by atoms with Crippen LogP contribution >= 0.6 is 0 Å². The Balaban J connectivity index is 1.92. The van der Waals surface area contributed by atoms with Crippen molar-refractivity contribution in [3.63, 3.8) is 0 Å². The average Bonchev–Trinajstić information content (AvgIpc) is 2.94. The molecule has 2 aromatic carbocycles. The first kappa shape index (κ1) is 30.1. The molecular formula is C29H22F5N3O5. The largest absolute Gasteiger partial charge is 0.478 e. The van der Waals surface area contributed by atoms with Gasteiger partial charge in [0.2, 0.25) is 5.79 Å². The summed E-state index contributed by atoms with van der Waals surface area (Å²) in [4.78, 5) is 43.0. The predicted octanol–water partition coefficient (Wildman–Crippen LogP) is 4.73. The number of nitrogens with zero attached hydrogens (tertiary/aromatic N) is 2. The summed E-state index contributed by atoms with van der Waals surface area (Å²) in [5, 5.41) is 9.68. The topological polar surface area (TPSA) is 113 Å². The molecule has 2 unspecified atom stereocenters. The van der Waals surface area contributed by atoms with Gasteiger partial charge in [0, 0.05) is 13.5 Å². The van der Waals surface area contributed by atoms with Crippen LogP contribution in [0.4, 0.5) is 22.0 Å². The Labute approximate surface area is 235 Å². The van der Waals surface area contributed by atoms with Crippen molar-refractivity contribution in [2.75, 3.05) is 6.54 Å². The summed E-state index contributed by atoms with van der Waals surface area (Å²) in [5.74, 6) is -13.0. The maximum absolute atomic E-state index is 17.4. The smallest absolute Gasteiger partial charge is 0.354 e. The molecule has 4 rings (SSSR count). The number of esters is 1. The van der Waals surface area contributed by atoms with Gasteiger partial charge in [-0.05, 0) is 35.7 Å². The number of allylic oxidation sites excluding steroid dienone is 2. The van der Waals surface area contributed by atoms with E-state index in [0.717, 1.165) is 19.1 Å². The number of carbonyl (C=O) groups is 2.